The highest BCUT2D eigenvalue weighted by Crippen LogP contribution is 2.11. The smallest absolute Gasteiger partial charge is 0.229 e. The van der Waals surface area contributed by atoms with Gasteiger partial charge in [0.05, 0.1) is 26.2 Å². The van der Waals surface area contributed by atoms with Crippen molar-refractivity contribution in [3.8, 4) is 5.88 Å². The minimum Gasteiger partial charge on any atom is -0.481 e. The van der Waals surface area contributed by atoms with Crippen molar-refractivity contribution >= 4 is 0 Å². The monoisotopic (exact) mass is 279 g/mol. The van der Waals surface area contributed by atoms with Crippen molar-refractivity contribution in [2.24, 2.45) is 0 Å². The number of aliphatic hydroxyl groups is 1. The highest BCUT2D eigenvalue weighted by atomic mass is 16.5. The Kier molecular flexibility index (Phi) is 5.03. The summed E-state index contributed by atoms with van der Waals surface area (Å²) in [5.41, 5.74) is 0.954. The quantitative estimate of drug-likeness (QED) is 0.794. The first-order valence-corrected chi connectivity index (χ1v) is 6.18. The lowest BCUT2D eigenvalue weighted by atomic mass is 10.2. The van der Waals surface area contributed by atoms with E-state index in [2.05, 4.69) is 15.1 Å². The van der Waals surface area contributed by atoms with E-state index in [0.717, 1.165) is 5.56 Å². The van der Waals surface area contributed by atoms with E-state index in [4.69, 9.17) is 14.0 Å². The van der Waals surface area contributed by atoms with Gasteiger partial charge >= 0.3 is 0 Å². The lowest BCUT2D eigenvalue weighted by molar-refractivity contribution is 0.0599. The number of ether oxygens (including phenoxy) is 2. The zero-order valence-corrected chi connectivity index (χ0v) is 11.4. The number of rotatable bonds is 7. The fourth-order valence-corrected chi connectivity index (χ4v) is 1.72. The minimum absolute atomic E-state index is 0.236. The van der Waals surface area contributed by atoms with Gasteiger partial charge < -0.3 is 19.1 Å². The van der Waals surface area contributed by atoms with Crippen LogP contribution in [-0.2, 0) is 17.6 Å². The molecule has 108 valence electrons. The normalized spacial score (nSPS) is 12.3. The van der Waals surface area contributed by atoms with Crippen molar-refractivity contribution < 1.29 is 19.1 Å². The first-order valence-electron chi connectivity index (χ1n) is 6.18. The maximum Gasteiger partial charge on any atom is 0.229 e. The molecule has 0 fully saturated rings. The van der Waals surface area contributed by atoms with Gasteiger partial charge in [0.2, 0.25) is 11.8 Å². The number of hydrogen-bond donors (Lipinski definition) is 1. The summed E-state index contributed by atoms with van der Waals surface area (Å²) in [6, 6.07) is 3.67. The second-order valence-electron chi connectivity index (χ2n) is 4.30. The first-order chi connectivity index (χ1) is 9.71. The molecule has 0 aliphatic carbocycles. The van der Waals surface area contributed by atoms with Crippen LogP contribution in [0.1, 0.15) is 17.3 Å². The zero-order valence-electron chi connectivity index (χ0n) is 11.4. The van der Waals surface area contributed by atoms with Crippen molar-refractivity contribution in [1.29, 1.82) is 0 Å². The van der Waals surface area contributed by atoms with Gasteiger partial charge in [0.25, 0.3) is 0 Å². The Morgan fingerprint density at radius 2 is 2.20 bits per heavy atom. The van der Waals surface area contributed by atoms with E-state index in [9.17, 15) is 5.11 Å². The van der Waals surface area contributed by atoms with E-state index in [1.807, 2.05) is 6.07 Å². The molecule has 7 heteroatoms. The zero-order chi connectivity index (χ0) is 14.4. The van der Waals surface area contributed by atoms with Crippen molar-refractivity contribution in [2.75, 3.05) is 20.8 Å². The molecule has 1 atom stereocenters. The fourth-order valence-electron chi connectivity index (χ4n) is 1.72. The Balaban J connectivity index is 1.94. The van der Waals surface area contributed by atoms with E-state index < -0.39 is 6.10 Å². The van der Waals surface area contributed by atoms with Gasteiger partial charge in [-0.3, -0.25) is 0 Å². The summed E-state index contributed by atoms with van der Waals surface area (Å²) in [6.07, 6.45) is 1.85. The van der Waals surface area contributed by atoms with Crippen LogP contribution >= 0.6 is 0 Å². The largest absolute Gasteiger partial charge is 0.481 e. The summed E-state index contributed by atoms with van der Waals surface area (Å²) < 4.78 is 14.9. The Morgan fingerprint density at radius 3 is 2.85 bits per heavy atom. The highest BCUT2D eigenvalue weighted by molar-refractivity contribution is 5.20. The molecular weight excluding hydrogens is 262 g/mol. The van der Waals surface area contributed by atoms with Crippen LogP contribution in [0.15, 0.2) is 22.9 Å². The molecule has 0 spiro atoms. The highest BCUT2D eigenvalue weighted by Gasteiger charge is 2.12. The standard InChI is InChI=1S/C13H17N3O4/c1-18-8-10(17)6-13-15-11(16-20-13)5-9-3-4-12(19-2)14-7-9/h3-4,7,10,17H,5-6,8H2,1-2H3. The van der Waals surface area contributed by atoms with Gasteiger partial charge in [-0.05, 0) is 5.56 Å². The van der Waals surface area contributed by atoms with Crippen LogP contribution in [-0.4, -0.2) is 47.2 Å². The van der Waals surface area contributed by atoms with Crippen LogP contribution in [0.3, 0.4) is 0 Å². The topological polar surface area (TPSA) is 90.5 Å². The maximum absolute atomic E-state index is 9.58. The molecule has 2 aromatic rings. The molecule has 1 unspecified atom stereocenters. The van der Waals surface area contributed by atoms with E-state index in [1.54, 1.807) is 19.4 Å². The number of aliphatic hydroxyl groups excluding tert-OH is 1. The second-order valence-corrected chi connectivity index (χ2v) is 4.30. The summed E-state index contributed by atoms with van der Waals surface area (Å²) in [5, 5.41) is 13.5. The van der Waals surface area contributed by atoms with Crippen LogP contribution in [0.5, 0.6) is 5.88 Å². The average Bonchev–Trinajstić information content (AvgIpc) is 2.87. The molecule has 0 aliphatic rings. The molecule has 0 saturated heterocycles. The number of hydrogen-bond acceptors (Lipinski definition) is 7. The molecular formula is C13H17N3O4. The SMILES string of the molecule is COCC(O)Cc1nc(Cc2ccc(OC)nc2)no1. The van der Waals surface area contributed by atoms with Gasteiger partial charge in [-0.15, -0.1) is 0 Å². The Hall–Kier alpha value is -1.99. The van der Waals surface area contributed by atoms with Gasteiger partial charge in [-0.2, -0.15) is 4.98 Å². The van der Waals surface area contributed by atoms with Gasteiger partial charge in [0.1, 0.15) is 0 Å². The molecule has 20 heavy (non-hydrogen) atoms. The van der Waals surface area contributed by atoms with Crippen LogP contribution in [0.25, 0.3) is 0 Å². The predicted octanol–water partition coefficient (Wildman–Crippen LogP) is 0.614. The number of pyridine rings is 1. The van der Waals surface area contributed by atoms with Crippen molar-refractivity contribution in [3.05, 3.63) is 35.6 Å². The summed E-state index contributed by atoms with van der Waals surface area (Å²) in [5.74, 6) is 1.51. The van der Waals surface area contributed by atoms with Crippen LogP contribution in [0.4, 0.5) is 0 Å². The third kappa shape index (κ3) is 4.01. The van der Waals surface area contributed by atoms with Crippen LogP contribution in [0.2, 0.25) is 0 Å². The fraction of sp³-hybridized carbons (Fsp3) is 0.462. The van der Waals surface area contributed by atoms with Crippen LogP contribution < -0.4 is 4.74 Å². The summed E-state index contributed by atoms with van der Waals surface area (Å²) in [6.45, 7) is 0.236. The molecule has 2 rings (SSSR count). The third-order valence-electron chi connectivity index (χ3n) is 2.65. The molecule has 1 N–H and O–H groups in total. The molecule has 0 aliphatic heterocycles. The van der Waals surface area contributed by atoms with Crippen LogP contribution in [0, 0.1) is 0 Å². The van der Waals surface area contributed by atoms with E-state index in [1.165, 1.54) is 7.11 Å². The first kappa shape index (κ1) is 14.4. The molecule has 0 bridgehead atoms. The van der Waals surface area contributed by atoms with Gasteiger partial charge in [0, 0.05) is 25.8 Å². The number of aromatic nitrogens is 3. The molecule has 7 nitrogen and oxygen atoms in total. The molecule has 0 aromatic carbocycles. The van der Waals surface area contributed by atoms with E-state index in [-0.39, 0.29) is 13.0 Å². The van der Waals surface area contributed by atoms with Crippen molar-refractivity contribution in [2.45, 2.75) is 18.9 Å². The summed E-state index contributed by atoms with van der Waals surface area (Å²) in [4.78, 5) is 8.33. The van der Waals surface area contributed by atoms with Crippen molar-refractivity contribution in [1.82, 2.24) is 15.1 Å². The summed E-state index contributed by atoms with van der Waals surface area (Å²) in [7, 11) is 3.10. The van der Waals surface area contributed by atoms with Crippen molar-refractivity contribution in [3.63, 3.8) is 0 Å². The Morgan fingerprint density at radius 1 is 1.35 bits per heavy atom. The molecule has 2 heterocycles. The lowest BCUT2D eigenvalue weighted by Gasteiger charge is -2.04. The molecule has 0 amide bonds. The maximum atomic E-state index is 9.58. The van der Waals surface area contributed by atoms with E-state index >= 15 is 0 Å². The molecule has 2 aromatic heterocycles. The van der Waals surface area contributed by atoms with E-state index in [0.29, 0.717) is 24.0 Å². The summed E-state index contributed by atoms with van der Waals surface area (Å²) >= 11 is 0. The third-order valence-corrected chi connectivity index (χ3v) is 2.65. The Labute approximate surface area is 116 Å². The predicted molar refractivity (Wildman–Crippen MR) is 69.5 cm³/mol. The minimum atomic E-state index is -0.643. The number of nitrogens with zero attached hydrogens (tertiary/aromatic N) is 3. The average molecular weight is 279 g/mol. The lowest BCUT2D eigenvalue weighted by Crippen LogP contribution is -2.17. The molecule has 0 radical (unpaired) electrons. The van der Waals surface area contributed by atoms with Gasteiger partial charge in [-0.1, -0.05) is 11.2 Å². The number of methoxy groups -OCH3 is 2. The van der Waals surface area contributed by atoms with Gasteiger partial charge in [0.15, 0.2) is 5.82 Å². The Bertz CT molecular complexity index is 527. The van der Waals surface area contributed by atoms with Gasteiger partial charge in [-0.25, -0.2) is 4.98 Å². The molecule has 0 saturated carbocycles. The second kappa shape index (κ2) is 6.97.